The van der Waals surface area contributed by atoms with E-state index in [-0.39, 0.29) is 6.04 Å². The van der Waals surface area contributed by atoms with Gasteiger partial charge in [0.05, 0.1) is 12.3 Å². The van der Waals surface area contributed by atoms with Crippen LogP contribution >= 0.6 is 0 Å². The van der Waals surface area contributed by atoms with Gasteiger partial charge >= 0.3 is 0 Å². The van der Waals surface area contributed by atoms with Crippen molar-refractivity contribution in [3.05, 3.63) is 24.2 Å². The van der Waals surface area contributed by atoms with Crippen molar-refractivity contribution in [2.75, 3.05) is 0 Å². The molecule has 0 aliphatic rings. The molecule has 1 aromatic heterocycles. The zero-order valence-electron chi connectivity index (χ0n) is 7.21. The molecule has 0 saturated heterocycles. The van der Waals surface area contributed by atoms with Crippen molar-refractivity contribution in [3.63, 3.8) is 0 Å². The van der Waals surface area contributed by atoms with E-state index in [1.807, 2.05) is 19.1 Å². The lowest BCUT2D eigenvalue weighted by atomic mass is 10.1. The Morgan fingerprint density at radius 2 is 2.50 bits per heavy atom. The molecule has 1 unspecified atom stereocenters. The monoisotopic (exact) mass is 163 g/mol. The molecule has 12 heavy (non-hydrogen) atoms. The third kappa shape index (κ3) is 2.44. The van der Waals surface area contributed by atoms with Gasteiger partial charge in [-0.1, -0.05) is 0 Å². The highest BCUT2D eigenvalue weighted by Gasteiger charge is 2.06. The average Bonchev–Trinajstić information content (AvgIpc) is 2.56. The average molecular weight is 163 g/mol. The number of hydrogen-bond donors (Lipinski definition) is 1. The maximum Gasteiger partial charge on any atom is 0.120 e. The first kappa shape index (κ1) is 8.89. The molecular weight excluding hydrogens is 150 g/mol. The molecule has 0 aromatic carbocycles. The van der Waals surface area contributed by atoms with E-state index in [0.717, 1.165) is 18.6 Å². The quantitative estimate of drug-likeness (QED) is 0.693. The van der Waals surface area contributed by atoms with Crippen LogP contribution in [0, 0.1) is 11.8 Å². The molecule has 1 atom stereocenters. The van der Waals surface area contributed by atoms with Crippen molar-refractivity contribution in [2.24, 2.45) is 5.73 Å². The van der Waals surface area contributed by atoms with E-state index in [1.54, 1.807) is 6.26 Å². The molecule has 0 fully saturated rings. The van der Waals surface area contributed by atoms with Gasteiger partial charge in [-0.15, -0.1) is 11.8 Å². The fourth-order valence-electron chi connectivity index (χ4n) is 0.997. The Morgan fingerprint density at radius 1 is 1.67 bits per heavy atom. The van der Waals surface area contributed by atoms with Crippen LogP contribution in [0.1, 0.15) is 31.6 Å². The van der Waals surface area contributed by atoms with E-state index in [0.29, 0.717) is 0 Å². The van der Waals surface area contributed by atoms with Crippen LogP contribution in [-0.2, 0) is 0 Å². The molecule has 0 aliphatic heterocycles. The summed E-state index contributed by atoms with van der Waals surface area (Å²) in [7, 11) is 0. The number of nitrogens with two attached hydrogens (primary N) is 1. The van der Waals surface area contributed by atoms with Crippen LogP contribution in [0.4, 0.5) is 0 Å². The van der Waals surface area contributed by atoms with Gasteiger partial charge in [-0.3, -0.25) is 0 Å². The molecule has 2 N–H and O–H groups in total. The minimum atomic E-state index is -0.0131. The Balaban J connectivity index is 2.37. The van der Waals surface area contributed by atoms with Crippen molar-refractivity contribution in [1.29, 1.82) is 0 Å². The summed E-state index contributed by atoms with van der Waals surface area (Å²) in [5.41, 5.74) is 5.82. The molecule has 2 heteroatoms. The lowest BCUT2D eigenvalue weighted by Crippen LogP contribution is -2.08. The minimum absolute atomic E-state index is 0.0131. The van der Waals surface area contributed by atoms with Gasteiger partial charge in [0.25, 0.3) is 0 Å². The Hall–Kier alpha value is -1.20. The molecule has 0 spiro atoms. The van der Waals surface area contributed by atoms with E-state index >= 15 is 0 Å². The van der Waals surface area contributed by atoms with Gasteiger partial charge in [0.1, 0.15) is 5.76 Å². The maximum absolute atomic E-state index is 5.82. The van der Waals surface area contributed by atoms with Gasteiger partial charge in [0.2, 0.25) is 0 Å². The van der Waals surface area contributed by atoms with Crippen LogP contribution < -0.4 is 5.73 Å². The fourth-order valence-corrected chi connectivity index (χ4v) is 0.997. The summed E-state index contributed by atoms with van der Waals surface area (Å²) in [5.74, 6) is 6.64. The normalized spacial score (nSPS) is 11.8. The van der Waals surface area contributed by atoms with E-state index in [2.05, 4.69) is 11.8 Å². The molecular formula is C10H13NO. The number of hydrogen-bond acceptors (Lipinski definition) is 2. The largest absolute Gasteiger partial charge is 0.468 e. The summed E-state index contributed by atoms with van der Waals surface area (Å²) >= 11 is 0. The van der Waals surface area contributed by atoms with Gasteiger partial charge < -0.3 is 10.2 Å². The summed E-state index contributed by atoms with van der Waals surface area (Å²) < 4.78 is 5.15. The van der Waals surface area contributed by atoms with E-state index in [9.17, 15) is 0 Å². The summed E-state index contributed by atoms with van der Waals surface area (Å²) in [6.07, 6.45) is 3.33. The Bertz CT molecular complexity index is 266. The van der Waals surface area contributed by atoms with Gasteiger partial charge in [-0.2, -0.15) is 0 Å². The van der Waals surface area contributed by atoms with E-state index in [1.165, 1.54) is 0 Å². The van der Waals surface area contributed by atoms with Gasteiger partial charge in [0.15, 0.2) is 0 Å². The van der Waals surface area contributed by atoms with Crippen LogP contribution in [0.3, 0.4) is 0 Å². The van der Waals surface area contributed by atoms with E-state index < -0.39 is 0 Å². The molecule has 0 amide bonds. The number of rotatable bonds is 3. The van der Waals surface area contributed by atoms with Gasteiger partial charge in [0, 0.05) is 6.42 Å². The highest BCUT2D eigenvalue weighted by molar-refractivity contribution is 5.05. The minimum Gasteiger partial charge on any atom is -0.468 e. The van der Waals surface area contributed by atoms with Crippen molar-refractivity contribution < 1.29 is 4.42 Å². The third-order valence-corrected chi connectivity index (χ3v) is 1.67. The topological polar surface area (TPSA) is 39.2 Å². The highest BCUT2D eigenvalue weighted by Crippen LogP contribution is 2.15. The fraction of sp³-hybridized carbons (Fsp3) is 0.400. The molecule has 64 valence electrons. The number of furan rings is 1. The lowest BCUT2D eigenvalue weighted by molar-refractivity contribution is 0.455. The Labute approximate surface area is 72.8 Å². The standard InChI is InChI=1S/C10H13NO/c1-2-3-4-6-9(11)10-7-5-8-12-10/h5,7-9H,4,6,11H2,1H3. The van der Waals surface area contributed by atoms with Crippen LogP contribution in [0.25, 0.3) is 0 Å². The second kappa shape index (κ2) is 4.63. The SMILES string of the molecule is CC#CCCC(N)c1ccco1. The molecule has 1 heterocycles. The lowest BCUT2D eigenvalue weighted by Gasteiger charge is -2.04. The van der Waals surface area contributed by atoms with E-state index in [4.69, 9.17) is 10.2 Å². The summed E-state index contributed by atoms with van der Waals surface area (Å²) in [5, 5.41) is 0. The first-order valence-electron chi connectivity index (χ1n) is 4.03. The molecule has 0 aliphatic carbocycles. The molecule has 2 nitrogen and oxygen atoms in total. The second-order valence-corrected chi connectivity index (χ2v) is 2.59. The van der Waals surface area contributed by atoms with Crippen molar-refractivity contribution in [2.45, 2.75) is 25.8 Å². The predicted molar refractivity (Wildman–Crippen MR) is 48.3 cm³/mol. The second-order valence-electron chi connectivity index (χ2n) is 2.59. The van der Waals surface area contributed by atoms with Crippen LogP contribution in [0.2, 0.25) is 0 Å². The summed E-state index contributed by atoms with van der Waals surface area (Å²) in [6.45, 7) is 1.83. The summed E-state index contributed by atoms with van der Waals surface area (Å²) in [6, 6.07) is 3.73. The van der Waals surface area contributed by atoms with Gasteiger partial charge in [-0.05, 0) is 25.5 Å². The Morgan fingerprint density at radius 3 is 3.08 bits per heavy atom. The molecule has 1 rings (SSSR count). The highest BCUT2D eigenvalue weighted by atomic mass is 16.3. The zero-order chi connectivity index (χ0) is 8.81. The predicted octanol–water partition coefficient (Wildman–Crippen LogP) is 2.08. The van der Waals surface area contributed by atoms with Crippen molar-refractivity contribution >= 4 is 0 Å². The molecule has 0 bridgehead atoms. The molecule has 1 aromatic rings. The van der Waals surface area contributed by atoms with Crippen LogP contribution in [0.5, 0.6) is 0 Å². The first-order chi connectivity index (χ1) is 5.84. The Kier molecular flexibility index (Phi) is 3.43. The van der Waals surface area contributed by atoms with Crippen LogP contribution in [0.15, 0.2) is 22.8 Å². The van der Waals surface area contributed by atoms with Crippen molar-refractivity contribution in [1.82, 2.24) is 0 Å². The first-order valence-corrected chi connectivity index (χ1v) is 4.03. The zero-order valence-corrected chi connectivity index (χ0v) is 7.21. The summed E-state index contributed by atoms with van der Waals surface area (Å²) in [4.78, 5) is 0. The van der Waals surface area contributed by atoms with Crippen molar-refractivity contribution in [3.8, 4) is 11.8 Å². The molecule has 0 radical (unpaired) electrons. The third-order valence-electron chi connectivity index (χ3n) is 1.67. The van der Waals surface area contributed by atoms with Gasteiger partial charge in [-0.25, -0.2) is 0 Å². The maximum atomic E-state index is 5.82. The van der Waals surface area contributed by atoms with Crippen LogP contribution in [-0.4, -0.2) is 0 Å². The smallest absolute Gasteiger partial charge is 0.120 e. The molecule has 0 saturated carbocycles.